The predicted octanol–water partition coefficient (Wildman–Crippen LogP) is 1.18. The maximum atomic E-state index is 13.6. The summed E-state index contributed by atoms with van der Waals surface area (Å²) in [6, 6.07) is 2.51. The quantitative estimate of drug-likeness (QED) is 0.773. The summed E-state index contributed by atoms with van der Waals surface area (Å²) in [6.07, 6.45) is 0.856. The summed E-state index contributed by atoms with van der Waals surface area (Å²) in [7, 11) is -4.15. The molecule has 1 fully saturated rings. The van der Waals surface area contributed by atoms with Crippen LogP contribution in [0.4, 0.5) is 8.78 Å². The molecule has 1 saturated carbocycles. The summed E-state index contributed by atoms with van der Waals surface area (Å²) in [5, 5.41) is 8.81. The molecule has 0 atom stereocenters. The standard InChI is InChI=1S/C14H18F2N2O4S/c1-2-18(8-13(19)20)10-6-9(7-10)17-23(21,22)12-5-3-4-11(15)14(12)16/h3-5,9-10,17H,2,6-8H2,1H3,(H,19,20). The van der Waals surface area contributed by atoms with Crippen LogP contribution in [-0.2, 0) is 14.8 Å². The second-order valence-corrected chi connectivity index (χ2v) is 7.13. The van der Waals surface area contributed by atoms with E-state index in [1.807, 2.05) is 6.92 Å². The Bertz CT molecular complexity index is 690. The SMILES string of the molecule is CCN(CC(=O)O)C1CC(NS(=O)(=O)c2cccc(F)c2F)C1. The Labute approximate surface area is 133 Å². The van der Waals surface area contributed by atoms with E-state index in [9.17, 15) is 22.0 Å². The minimum absolute atomic E-state index is 0.0406. The van der Waals surface area contributed by atoms with Gasteiger partial charge in [-0.05, 0) is 31.5 Å². The Kier molecular flexibility index (Phi) is 5.33. The van der Waals surface area contributed by atoms with Crippen molar-refractivity contribution in [3.63, 3.8) is 0 Å². The van der Waals surface area contributed by atoms with Crippen LogP contribution >= 0.6 is 0 Å². The van der Waals surface area contributed by atoms with Crippen molar-refractivity contribution in [2.45, 2.75) is 36.7 Å². The summed E-state index contributed by atoms with van der Waals surface area (Å²) in [6.45, 7) is 2.25. The normalized spacial score (nSPS) is 21.2. The zero-order valence-electron chi connectivity index (χ0n) is 12.5. The fraction of sp³-hybridized carbons (Fsp3) is 0.500. The van der Waals surface area contributed by atoms with Crippen molar-refractivity contribution in [1.29, 1.82) is 0 Å². The molecule has 1 aromatic carbocycles. The van der Waals surface area contributed by atoms with E-state index in [1.165, 1.54) is 0 Å². The first-order valence-corrected chi connectivity index (χ1v) is 8.65. The number of nitrogens with zero attached hydrogens (tertiary/aromatic N) is 1. The minimum Gasteiger partial charge on any atom is -0.480 e. The third-order valence-electron chi connectivity index (χ3n) is 3.90. The second-order valence-electron chi connectivity index (χ2n) is 5.45. The van der Waals surface area contributed by atoms with Crippen LogP contribution in [0.1, 0.15) is 19.8 Å². The molecule has 0 amide bonds. The molecule has 1 aliphatic carbocycles. The third-order valence-corrected chi connectivity index (χ3v) is 5.44. The lowest BCUT2D eigenvalue weighted by Gasteiger charge is -2.42. The van der Waals surface area contributed by atoms with E-state index in [1.54, 1.807) is 4.90 Å². The van der Waals surface area contributed by atoms with Crippen LogP contribution in [0.15, 0.2) is 23.1 Å². The zero-order valence-corrected chi connectivity index (χ0v) is 13.3. The van der Waals surface area contributed by atoms with Crippen LogP contribution in [-0.4, -0.2) is 49.6 Å². The number of aliphatic carboxylic acids is 1. The number of likely N-dealkylation sites (N-methyl/N-ethyl adjacent to an activating group) is 1. The van der Waals surface area contributed by atoms with Gasteiger partial charge in [-0.3, -0.25) is 9.69 Å². The largest absolute Gasteiger partial charge is 0.480 e. The van der Waals surface area contributed by atoms with Gasteiger partial charge in [-0.15, -0.1) is 0 Å². The highest BCUT2D eigenvalue weighted by Crippen LogP contribution is 2.27. The molecule has 0 unspecified atom stereocenters. The van der Waals surface area contributed by atoms with Gasteiger partial charge < -0.3 is 5.11 Å². The monoisotopic (exact) mass is 348 g/mol. The Morgan fingerprint density at radius 2 is 2.04 bits per heavy atom. The molecule has 1 aromatic rings. The van der Waals surface area contributed by atoms with Gasteiger partial charge in [0, 0.05) is 12.1 Å². The molecule has 0 aliphatic heterocycles. The topological polar surface area (TPSA) is 86.7 Å². The van der Waals surface area contributed by atoms with Crippen LogP contribution in [0, 0.1) is 11.6 Å². The molecule has 0 saturated heterocycles. The number of halogens is 2. The number of benzene rings is 1. The van der Waals surface area contributed by atoms with Crippen molar-refractivity contribution in [2.24, 2.45) is 0 Å². The average molecular weight is 348 g/mol. The van der Waals surface area contributed by atoms with Crippen molar-refractivity contribution in [2.75, 3.05) is 13.1 Å². The van der Waals surface area contributed by atoms with Gasteiger partial charge in [-0.2, -0.15) is 0 Å². The molecule has 9 heteroatoms. The predicted molar refractivity (Wildman–Crippen MR) is 78.4 cm³/mol. The third kappa shape index (κ3) is 4.04. The number of hydrogen-bond acceptors (Lipinski definition) is 4. The number of carboxylic acid groups (broad SMARTS) is 1. The van der Waals surface area contributed by atoms with Crippen molar-refractivity contribution < 1.29 is 27.1 Å². The second kappa shape index (κ2) is 6.90. The molecule has 2 N–H and O–H groups in total. The van der Waals surface area contributed by atoms with Crippen molar-refractivity contribution in [3.05, 3.63) is 29.8 Å². The van der Waals surface area contributed by atoms with E-state index in [0.29, 0.717) is 19.4 Å². The summed E-state index contributed by atoms with van der Waals surface area (Å²) in [4.78, 5) is 11.8. The molecular formula is C14H18F2N2O4S. The van der Waals surface area contributed by atoms with Gasteiger partial charge in [-0.25, -0.2) is 21.9 Å². The summed E-state index contributed by atoms with van der Waals surface area (Å²) >= 11 is 0. The van der Waals surface area contributed by atoms with E-state index < -0.39 is 38.6 Å². The summed E-state index contributed by atoms with van der Waals surface area (Å²) in [5.74, 6) is -3.58. The van der Waals surface area contributed by atoms with Crippen LogP contribution in [0.3, 0.4) is 0 Å². The van der Waals surface area contributed by atoms with Gasteiger partial charge in [0.1, 0.15) is 4.90 Å². The lowest BCUT2D eigenvalue weighted by Crippen LogP contribution is -2.54. The Morgan fingerprint density at radius 1 is 1.39 bits per heavy atom. The highest BCUT2D eigenvalue weighted by molar-refractivity contribution is 7.89. The molecule has 0 spiro atoms. The van der Waals surface area contributed by atoms with Gasteiger partial charge in [-0.1, -0.05) is 13.0 Å². The maximum absolute atomic E-state index is 13.6. The molecule has 0 bridgehead atoms. The molecule has 23 heavy (non-hydrogen) atoms. The molecule has 128 valence electrons. The average Bonchev–Trinajstić information content (AvgIpc) is 2.42. The van der Waals surface area contributed by atoms with Crippen LogP contribution in [0.25, 0.3) is 0 Å². The number of carbonyl (C=O) groups is 1. The zero-order chi connectivity index (χ0) is 17.2. The first-order chi connectivity index (χ1) is 10.7. The van der Waals surface area contributed by atoms with Crippen molar-refractivity contribution in [3.8, 4) is 0 Å². The number of sulfonamides is 1. The molecule has 2 rings (SSSR count). The van der Waals surface area contributed by atoms with Gasteiger partial charge in [0.05, 0.1) is 6.54 Å². The Morgan fingerprint density at radius 3 is 2.61 bits per heavy atom. The van der Waals surface area contributed by atoms with Gasteiger partial charge >= 0.3 is 5.97 Å². The lowest BCUT2D eigenvalue weighted by molar-refractivity contribution is -0.139. The minimum atomic E-state index is -4.15. The van der Waals surface area contributed by atoms with Crippen LogP contribution in [0.2, 0.25) is 0 Å². The number of hydrogen-bond donors (Lipinski definition) is 2. The van der Waals surface area contributed by atoms with Crippen molar-refractivity contribution in [1.82, 2.24) is 9.62 Å². The summed E-state index contributed by atoms with van der Waals surface area (Å²) in [5.41, 5.74) is 0. The van der Waals surface area contributed by atoms with E-state index in [-0.39, 0.29) is 12.6 Å². The highest BCUT2D eigenvalue weighted by atomic mass is 32.2. The molecular weight excluding hydrogens is 330 g/mol. The molecule has 1 aliphatic rings. The highest BCUT2D eigenvalue weighted by Gasteiger charge is 2.37. The van der Waals surface area contributed by atoms with Gasteiger partial charge in [0.2, 0.25) is 10.0 Å². The smallest absolute Gasteiger partial charge is 0.317 e. The fourth-order valence-electron chi connectivity index (χ4n) is 2.63. The fourth-order valence-corrected chi connectivity index (χ4v) is 3.98. The molecule has 0 radical (unpaired) electrons. The number of nitrogens with one attached hydrogen (secondary N) is 1. The van der Waals surface area contributed by atoms with E-state index in [2.05, 4.69) is 4.72 Å². The van der Waals surface area contributed by atoms with Gasteiger partial charge in [0.15, 0.2) is 11.6 Å². The lowest BCUT2D eigenvalue weighted by atomic mass is 9.86. The van der Waals surface area contributed by atoms with Crippen molar-refractivity contribution >= 4 is 16.0 Å². The Hall–Kier alpha value is -1.58. The first-order valence-electron chi connectivity index (χ1n) is 7.16. The summed E-state index contributed by atoms with van der Waals surface area (Å²) < 4.78 is 53.3. The van der Waals surface area contributed by atoms with Crippen LogP contribution < -0.4 is 4.72 Å². The van der Waals surface area contributed by atoms with E-state index >= 15 is 0 Å². The van der Waals surface area contributed by atoms with Crippen LogP contribution in [0.5, 0.6) is 0 Å². The van der Waals surface area contributed by atoms with E-state index in [0.717, 1.165) is 18.2 Å². The van der Waals surface area contributed by atoms with Gasteiger partial charge in [0.25, 0.3) is 0 Å². The number of rotatable bonds is 7. The molecule has 6 nitrogen and oxygen atoms in total. The molecule has 0 heterocycles. The first kappa shape index (κ1) is 17.8. The van der Waals surface area contributed by atoms with E-state index in [4.69, 9.17) is 5.11 Å². The Balaban J connectivity index is 1.99. The number of carboxylic acids is 1. The maximum Gasteiger partial charge on any atom is 0.317 e. The molecule has 0 aromatic heterocycles.